The fraction of sp³-hybridized carbons (Fsp3) is 0.556. The van der Waals surface area contributed by atoms with Crippen molar-refractivity contribution in [1.82, 2.24) is 10.2 Å². The lowest BCUT2D eigenvalue weighted by molar-refractivity contribution is 0.420. The highest BCUT2D eigenvalue weighted by Gasteiger charge is 2.49. The number of allylic oxidation sites excluding steroid dienone is 2. The molecule has 2 nitrogen and oxygen atoms in total. The molecule has 2 fully saturated rings. The Labute approximate surface area is 175 Å². The van der Waals surface area contributed by atoms with Crippen molar-refractivity contribution in [3.05, 3.63) is 59.3 Å². The monoisotopic (exact) mass is 386 g/mol. The molecule has 3 unspecified atom stereocenters. The molecule has 1 aromatic carbocycles. The summed E-state index contributed by atoms with van der Waals surface area (Å²) < 4.78 is 0. The van der Waals surface area contributed by atoms with E-state index in [0.717, 1.165) is 29.4 Å². The van der Waals surface area contributed by atoms with Crippen LogP contribution in [0.5, 0.6) is 0 Å². The minimum absolute atomic E-state index is 0.716. The molecule has 0 amide bonds. The van der Waals surface area contributed by atoms with Gasteiger partial charge in [-0.3, -0.25) is 0 Å². The molecule has 4 atom stereocenters. The molecule has 29 heavy (non-hydrogen) atoms. The van der Waals surface area contributed by atoms with E-state index in [1.54, 1.807) is 0 Å². The summed E-state index contributed by atoms with van der Waals surface area (Å²) in [5.41, 5.74) is 6.82. The SMILES string of the molecule is C/C=C/C(C)CC1C2CCc3cnnc(-c4ccc(C5CCC5)cc4)c3CC[C@H]21. The average Bonchev–Trinajstić information content (AvgIpc) is 3.31. The van der Waals surface area contributed by atoms with E-state index < -0.39 is 0 Å². The lowest BCUT2D eigenvalue weighted by atomic mass is 9.80. The molecule has 2 saturated carbocycles. The predicted molar refractivity (Wildman–Crippen MR) is 120 cm³/mol. The summed E-state index contributed by atoms with van der Waals surface area (Å²) in [7, 11) is 0. The van der Waals surface area contributed by atoms with Crippen molar-refractivity contribution in [3.8, 4) is 11.3 Å². The maximum absolute atomic E-state index is 4.61. The number of aromatic nitrogens is 2. The highest BCUT2D eigenvalue weighted by atomic mass is 15.1. The molecule has 2 heteroatoms. The molecular weight excluding hydrogens is 352 g/mol. The third kappa shape index (κ3) is 3.79. The van der Waals surface area contributed by atoms with Crippen LogP contribution in [-0.4, -0.2) is 10.2 Å². The Kier molecular flexibility index (Phi) is 5.28. The van der Waals surface area contributed by atoms with Crippen LogP contribution < -0.4 is 0 Å². The minimum atomic E-state index is 0.716. The van der Waals surface area contributed by atoms with Crippen molar-refractivity contribution in [2.45, 2.75) is 71.1 Å². The molecule has 0 aliphatic heterocycles. The van der Waals surface area contributed by atoms with Crippen LogP contribution in [0, 0.1) is 23.7 Å². The molecule has 3 aliphatic carbocycles. The van der Waals surface area contributed by atoms with Crippen LogP contribution in [0.1, 0.15) is 75.0 Å². The van der Waals surface area contributed by atoms with Crippen molar-refractivity contribution < 1.29 is 0 Å². The molecule has 152 valence electrons. The zero-order valence-electron chi connectivity index (χ0n) is 18.0. The minimum Gasteiger partial charge on any atom is -0.158 e. The maximum atomic E-state index is 4.61. The summed E-state index contributed by atoms with van der Waals surface area (Å²) in [5, 5.41) is 9.02. The van der Waals surface area contributed by atoms with Crippen molar-refractivity contribution in [1.29, 1.82) is 0 Å². The third-order valence-electron chi connectivity index (χ3n) is 7.95. The molecule has 0 bridgehead atoms. The van der Waals surface area contributed by atoms with Crippen molar-refractivity contribution >= 4 is 0 Å². The zero-order valence-corrected chi connectivity index (χ0v) is 18.0. The number of nitrogens with zero attached hydrogens (tertiary/aromatic N) is 2. The van der Waals surface area contributed by atoms with Gasteiger partial charge in [-0.05, 0) is 98.1 Å². The van der Waals surface area contributed by atoms with Crippen molar-refractivity contribution in [2.75, 3.05) is 0 Å². The molecule has 5 rings (SSSR count). The van der Waals surface area contributed by atoms with Gasteiger partial charge >= 0.3 is 0 Å². The largest absolute Gasteiger partial charge is 0.158 e. The van der Waals surface area contributed by atoms with E-state index in [0.29, 0.717) is 5.92 Å². The summed E-state index contributed by atoms with van der Waals surface area (Å²) in [6, 6.07) is 9.24. The normalized spacial score (nSPS) is 27.4. The first-order valence-electron chi connectivity index (χ1n) is 11.8. The highest BCUT2D eigenvalue weighted by molar-refractivity contribution is 5.64. The molecule has 3 aliphatic rings. The van der Waals surface area contributed by atoms with Crippen LogP contribution in [0.15, 0.2) is 42.6 Å². The second kappa shape index (κ2) is 8.05. The summed E-state index contributed by atoms with van der Waals surface area (Å²) in [4.78, 5) is 0. The van der Waals surface area contributed by atoms with Gasteiger partial charge < -0.3 is 0 Å². The lowest BCUT2D eigenvalue weighted by Gasteiger charge is -2.25. The Bertz CT molecular complexity index is 878. The van der Waals surface area contributed by atoms with Gasteiger partial charge in [0, 0.05) is 5.56 Å². The van der Waals surface area contributed by atoms with Gasteiger partial charge in [0.15, 0.2) is 0 Å². The first kappa shape index (κ1) is 19.0. The molecule has 0 saturated heterocycles. The smallest absolute Gasteiger partial charge is 0.0964 e. The van der Waals surface area contributed by atoms with E-state index in [4.69, 9.17) is 0 Å². The quantitative estimate of drug-likeness (QED) is 0.531. The van der Waals surface area contributed by atoms with E-state index in [1.165, 1.54) is 73.6 Å². The molecule has 2 aromatic rings. The summed E-state index contributed by atoms with van der Waals surface area (Å²) in [5.74, 6) is 4.31. The maximum Gasteiger partial charge on any atom is 0.0964 e. The van der Waals surface area contributed by atoms with E-state index >= 15 is 0 Å². The molecule has 0 radical (unpaired) electrons. The van der Waals surface area contributed by atoms with Gasteiger partial charge in [-0.25, -0.2) is 0 Å². The molecule has 1 aromatic heterocycles. The fourth-order valence-corrected chi connectivity index (χ4v) is 6.03. The summed E-state index contributed by atoms with van der Waals surface area (Å²) in [6.45, 7) is 4.52. The van der Waals surface area contributed by atoms with Crippen LogP contribution in [0.3, 0.4) is 0 Å². The number of rotatable bonds is 5. The van der Waals surface area contributed by atoms with Gasteiger partial charge in [0.25, 0.3) is 0 Å². The zero-order chi connectivity index (χ0) is 19.8. The van der Waals surface area contributed by atoms with Crippen LogP contribution in [0.4, 0.5) is 0 Å². The number of hydrogen-bond donors (Lipinski definition) is 0. The average molecular weight is 387 g/mol. The van der Waals surface area contributed by atoms with E-state index in [1.807, 2.05) is 6.20 Å². The van der Waals surface area contributed by atoms with E-state index in [9.17, 15) is 0 Å². The van der Waals surface area contributed by atoms with E-state index in [-0.39, 0.29) is 0 Å². The first-order valence-corrected chi connectivity index (χ1v) is 11.8. The van der Waals surface area contributed by atoms with Crippen LogP contribution in [0.2, 0.25) is 0 Å². The van der Waals surface area contributed by atoms with Gasteiger partial charge in [0.05, 0.1) is 11.9 Å². The Morgan fingerprint density at radius 3 is 2.48 bits per heavy atom. The third-order valence-corrected chi connectivity index (χ3v) is 7.95. The number of aryl methyl sites for hydroxylation is 1. The van der Waals surface area contributed by atoms with Gasteiger partial charge in [-0.2, -0.15) is 10.2 Å². The summed E-state index contributed by atoms with van der Waals surface area (Å²) in [6.07, 6.45) is 17.1. The lowest BCUT2D eigenvalue weighted by Crippen LogP contribution is -2.09. The Hall–Kier alpha value is -1.96. The highest BCUT2D eigenvalue weighted by Crippen LogP contribution is 2.56. The Morgan fingerprint density at radius 1 is 1.03 bits per heavy atom. The molecule has 0 N–H and O–H groups in total. The van der Waals surface area contributed by atoms with Gasteiger partial charge in [-0.15, -0.1) is 0 Å². The fourth-order valence-electron chi connectivity index (χ4n) is 6.03. The van der Waals surface area contributed by atoms with Crippen LogP contribution in [0.25, 0.3) is 11.3 Å². The molecule has 0 spiro atoms. The van der Waals surface area contributed by atoms with Crippen molar-refractivity contribution in [2.24, 2.45) is 23.7 Å². The number of fused-ring (bicyclic) bond motifs is 2. The Balaban J connectivity index is 1.34. The van der Waals surface area contributed by atoms with Crippen LogP contribution in [-0.2, 0) is 12.8 Å². The van der Waals surface area contributed by atoms with Gasteiger partial charge in [0.2, 0.25) is 0 Å². The topological polar surface area (TPSA) is 25.8 Å². The second-order valence-corrected chi connectivity index (χ2v) is 9.75. The second-order valence-electron chi connectivity index (χ2n) is 9.75. The standard InChI is InChI=1S/C27H34N2/c1-3-5-18(2)16-26-24-13-12-22-17-28-29-27(23(22)14-15-25(24)26)21-10-8-20(9-11-21)19-6-4-7-19/h3,5,8-11,17-19,24-26H,4,6-7,12-16H2,1-2H3/b5-3+/t18?,24?,25-,26?/m1/s1. The van der Waals surface area contributed by atoms with E-state index in [2.05, 4.69) is 60.5 Å². The van der Waals surface area contributed by atoms with Gasteiger partial charge in [0.1, 0.15) is 0 Å². The Morgan fingerprint density at radius 2 is 1.79 bits per heavy atom. The van der Waals surface area contributed by atoms with Gasteiger partial charge in [-0.1, -0.05) is 49.8 Å². The van der Waals surface area contributed by atoms with Crippen LogP contribution >= 0.6 is 0 Å². The predicted octanol–water partition coefficient (Wildman–Crippen LogP) is 6.75. The number of benzene rings is 1. The molecular formula is C27H34N2. The molecule has 1 heterocycles. The number of hydrogen-bond acceptors (Lipinski definition) is 2. The summed E-state index contributed by atoms with van der Waals surface area (Å²) >= 11 is 0. The first-order chi connectivity index (χ1) is 14.2. The van der Waals surface area contributed by atoms with Crippen molar-refractivity contribution in [3.63, 3.8) is 0 Å².